The molecule has 1 aliphatic rings. The predicted octanol–water partition coefficient (Wildman–Crippen LogP) is 4.82. The first-order valence-corrected chi connectivity index (χ1v) is 13.4. The van der Waals surface area contributed by atoms with Crippen molar-refractivity contribution in [1.29, 1.82) is 5.26 Å². The maximum absolute atomic E-state index is 13.3. The molecule has 1 aromatic heterocycles. The molecule has 0 aliphatic carbocycles. The molecule has 0 radical (unpaired) electrons. The van der Waals surface area contributed by atoms with Crippen LogP contribution in [0.1, 0.15) is 53.4 Å². The van der Waals surface area contributed by atoms with Crippen LogP contribution in [0.5, 0.6) is 5.75 Å². The van der Waals surface area contributed by atoms with E-state index in [4.69, 9.17) is 4.74 Å². The van der Waals surface area contributed by atoms with Crippen molar-refractivity contribution >= 4 is 28.6 Å². The van der Waals surface area contributed by atoms with Crippen LogP contribution in [0.2, 0.25) is 0 Å². The van der Waals surface area contributed by atoms with Crippen LogP contribution in [0.3, 0.4) is 0 Å². The van der Waals surface area contributed by atoms with Gasteiger partial charge in [0.1, 0.15) is 11.8 Å². The van der Waals surface area contributed by atoms with Crippen molar-refractivity contribution < 1.29 is 19.7 Å². The molecular weight excluding hydrogens is 474 g/mol. The number of nitrogens with zero attached hydrogens (tertiary/aromatic N) is 3. The average Bonchev–Trinajstić information content (AvgIpc) is 3.17. The number of aliphatic hydroxyl groups excluding tert-OH is 1. The summed E-state index contributed by atoms with van der Waals surface area (Å²) in [7, 11) is 1.90. The number of carbonyl (C=O) groups is 1. The number of hydrogen-bond acceptors (Lipinski definition) is 7. The lowest BCUT2D eigenvalue weighted by Crippen LogP contribution is -2.33. The van der Waals surface area contributed by atoms with Crippen molar-refractivity contribution in [2.45, 2.75) is 43.4 Å². The first kappa shape index (κ1) is 26.1. The fraction of sp³-hybridized carbons (Fsp3) is 0.429. The number of aryl methyl sites for hydroxylation is 1. The largest absolute Gasteiger partial charge is 0.506 e. The molecule has 1 fully saturated rings. The molecule has 0 unspecified atom stereocenters. The van der Waals surface area contributed by atoms with Gasteiger partial charge in [0.2, 0.25) is 0 Å². The Bertz CT molecular complexity index is 1260. The molecule has 0 atom stereocenters. The molecule has 1 saturated heterocycles. The van der Waals surface area contributed by atoms with Crippen molar-refractivity contribution in [3.8, 4) is 11.8 Å². The van der Waals surface area contributed by atoms with E-state index in [9.17, 15) is 20.3 Å². The van der Waals surface area contributed by atoms with Crippen molar-refractivity contribution in [3.05, 3.63) is 58.8 Å². The third-order valence-corrected chi connectivity index (χ3v) is 8.05. The number of phenols is 1. The van der Waals surface area contributed by atoms with Gasteiger partial charge in [-0.15, -0.1) is 11.8 Å². The minimum atomic E-state index is -0.418. The van der Waals surface area contributed by atoms with Gasteiger partial charge < -0.3 is 19.5 Å². The SMILES string of the molecule is CCOC(=O)c1c(CSc2ccccc2)n(C)c2cc(C#N)c(O)c(CN3CCC(CCO)CC3)c12. The number of rotatable bonds is 9. The Labute approximate surface area is 216 Å². The quantitative estimate of drug-likeness (QED) is 0.316. The number of ether oxygens (including phenoxy) is 1. The highest BCUT2D eigenvalue weighted by Gasteiger charge is 2.29. The molecule has 1 aliphatic heterocycles. The zero-order chi connectivity index (χ0) is 25.7. The molecule has 0 saturated carbocycles. The van der Waals surface area contributed by atoms with E-state index >= 15 is 0 Å². The molecule has 190 valence electrons. The number of piperidine rings is 1. The lowest BCUT2D eigenvalue weighted by Gasteiger charge is -2.32. The Morgan fingerprint density at radius 2 is 1.97 bits per heavy atom. The summed E-state index contributed by atoms with van der Waals surface area (Å²) in [5.74, 6) is 0.552. The summed E-state index contributed by atoms with van der Waals surface area (Å²) in [6.07, 6.45) is 2.75. The normalized spacial score (nSPS) is 14.7. The van der Waals surface area contributed by atoms with E-state index < -0.39 is 5.97 Å². The van der Waals surface area contributed by atoms with Crippen LogP contribution in [0, 0.1) is 17.2 Å². The van der Waals surface area contributed by atoms with Gasteiger partial charge in [-0.1, -0.05) is 18.2 Å². The van der Waals surface area contributed by atoms with Crippen molar-refractivity contribution in [2.75, 3.05) is 26.3 Å². The molecule has 2 N–H and O–H groups in total. The maximum Gasteiger partial charge on any atom is 0.340 e. The van der Waals surface area contributed by atoms with Gasteiger partial charge in [-0.25, -0.2) is 4.79 Å². The number of aromatic hydroxyl groups is 1. The monoisotopic (exact) mass is 507 g/mol. The maximum atomic E-state index is 13.3. The number of phenolic OH excluding ortho intramolecular Hbond substituents is 1. The highest BCUT2D eigenvalue weighted by Crippen LogP contribution is 2.39. The summed E-state index contributed by atoms with van der Waals surface area (Å²) >= 11 is 1.63. The van der Waals surface area contributed by atoms with Crippen LogP contribution in [-0.2, 0) is 24.1 Å². The lowest BCUT2D eigenvalue weighted by molar-refractivity contribution is 0.0527. The number of aromatic nitrogens is 1. The van der Waals surface area contributed by atoms with E-state index in [1.54, 1.807) is 24.8 Å². The summed E-state index contributed by atoms with van der Waals surface area (Å²) < 4.78 is 7.43. The number of carbonyl (C=O) groups excluding carboxylic acids is 1. The van der Waals surface area contributed by atoms with Gasteiger partial charge in [0.25, 0.3) is 0 Å². The first-order chi connectivity index (χ1) is 17.5. The molecule has 0 spiro atoms. The highest BCUT2D eigenvalue weighted by atomic mass is 32.2. The molecule has 2 aromatic carbocycles. The van der Waals surface area contributed by atoms with Gasteiger partial charge >= 0.3 is 5.97 Å². The van der Waals surface area contributed by atoms with Gasteiger partial charge in [-0.2, -0.15) is 5.26 Å². The first-order valence-electron chi connectivity index (χ1n) is 12.4. The van der Waals surface area contributed by atoms with Crippen LogP contribution in [0.15, 0.2) is 41.3 Å². The summed E-state index contributed by atoms with van der Waals surface area (Å²) in [4.78, 5) is 16.6. The summed E-state index contributed by atoms with van der Waals surface area (Å²) in [6.45, 7) is 4.33. The van der Waals surface area contributed by atoms with E-state index in [1.807, 2.05) is 41.9 Å². The van der Waals surface area contributed by atoms with E-state index in [0.29, 0.717) is 34.7 Å². The zero-order valence-electron chi connectivity index (χ0n) is 20.9. The minimum Gasteiger partial charge on any atom is -0.506 e. The minimum absolute atomic E-state index is 0.0686. The Balaban J connectivity index is 1.79. The molecule has 3 aromatic rings. The second kappa shape index (κ2) is 11.8. The standard InChI is InChI=1S/C28H33N3O4S/c1-3-35-28(34)26-24(18-36-21-7-5-4-6-8-21)30(2)23-15-20(16-29)27(33)22(25(23)26)17-31-12-9-19(10-13-31)11-14-32/h4-8,15,19,32-33H,3,9-14,17-18H2,1-2H3. The summed E-state index contributed by atoms with van der Waals surface area (Å²) in [6, 6.07) is 13.8. The molecule has 0 amide bonds. The van der Waals surface area contributed by atoms with E-state index in [-0.39, 0.29) is 24.5 Å². The van der Waals surface area contributed by atoms with Gasteiger partial charge in [0.05, 0.1) is 23.3 Å². The summed E-state index contributed by atoms with van der Waals surface area (Å²) in [5, 5.41) is 30.8. The Kier molecular flexibility index (Phi) is 8.57. The van der Waals surface area contributed by atoms with Crippen molar-refractivity contribution in [3.63, 3.8) is 0 Å². The number of aliphatic hydroxyl groups is 1. The molecule has 2 heterocycles. The van der Waals surface area contributed by atoms with Gasteiger partial charge in [-0.3, -0.25) is 4.90 Å². The lowest BCUT2D eigenvalue weighted by atomic mass is 9.93. The van der Waals surface area contributed by atoms with Gasteiger partial charge in [0, 0.05) is 47.5 Å². The second-order valence-corrected chi connectivity index (χ2v) is 10.2. The number of fused-ring (bicyclic) bond motifs is 1. The van der Waals surface area contributed by atoms with Gasteiger partial charge in [-0.05, 0) is 63.4 Å². The molecule has 4 rings (SSSR count). The third-order valence-electron chi connectivity index (χ3n) is 7.03. The van der Waals surface area contributed by atoms with Crippen molar-refractivity contribution in [1.82, 2.24) is 9.47 Å². The Morgan fingerprint density at radius 3 is 2.61 bits per heavy atom. The molecule has 8 heteroatoms. The fourth-order valence-corrected chi connectivity index (χ4v) is 6.04. The zero-order valence-corrected chi connectivity index (χ0v) is 21.7. The number of hydrogen-bond donors (Lipinski definition) is 2. The molecule has 0 bridgehead atoms. The van der Waals surface area contributed by atoms with E-state index in [2.05, 4.69) is 11.0 Å². The Hall–Kier alpha value is -2.99. The third kappa shape index (κ3) is 5.39. The Morgan fingerprint density at radius 1 is 1.25 bits per heavy atom. The number of esters is 1. The number of thioether (sulfide) groups is 1. The van der Waals surface area contributed by atoms with E-state index in [1.165, 1.54) is 0 Å². The number of likely N-dealkylation sites (tertiary alicyclic amines) is 1. The van der Waals surface area contributed by atoms with Gasteiger partial charge in [0.15, 0.2) is 0 Å². The second-order valence-electron chi connectivity index (χ2n) is 9.19. The van der Waals surface area contributed by atoms with Crippen LogP contribution in [0.4, 0.5) is 0 Å². The number of nitriles is 1. The van der Waals surface area contributed by atoms with E-state index in [0.717, 1.165) is 48.5 Å². The summed E-state index contributed by atoms with van der Waals surface area (Å²) in [5.41, 5.74) is 2.80. The highest BCUT2D eigenvalue weighted by molar-refractivity contribution is 7.98. The fourth-order valence-electron chi connectivity index (χ4n) is 5.05. The smallest absolute Gasteiger partial charge is 0.340 e. The topological polar surface area (TPSA) is 98.7 Å². The van der Waals surface area contributed by atoms with Crippen LogP contribution in [0.25, 0.3) is 10.9 Å². The predicted molar refractivity (Wildman–Crippen MR) is 141 cm³/mol. The van der Waals surface area contributed by atoms with Crippen molar-refractivity contribution in [2.24, 2.45) is 13.0 Å². The van der Waals surface area contributed by atoms with Crippen LogP contribution < -0.4 is 0 Å². The van der Waals surface area contributed by atoms with Crippen LogP contribution in [-0.4, -0.2) is 52.0 Å². The van der Waals surface area contributed by atoms with Crippen LogP contribution >= 0.6 is 11.8 Å². The number of benzene rings is 2. The molecular formula is C28H33N3O4S. The molecule has 7 nitrogen and oxygen atoms in total. The average molecular weight is 508 g/mol. The molecule has 36 heavy (non-hydrogen) atoms.